The molecule has 2 N–H and O–H groups in total. The molecule has 1 rings (SSSR count). The second-order valence-electron chi connectivity index (χ2n) is 5.31. The number of hydrogen-bond acceptors (Lipinski definition) is 3. The van der Waals surface area contributed by atoms with Crippen LogP contribution < -0.4 is 5.73 Å². The van der Waals surface area contributed by atoms with Gasteiger partial charge in [0, 0.05) is 32.4 Å². The number of ether oxygens (including phenoxy) is 1. The van der Waals surface area contributed by atoms with Gasteiger partial charge in [-0.3, -0.25) is 4.90 Å². The number of rotatable bonds is 7. The molecule has 0 aromatic heterocycles. The predicted molar refractivity (Wildman–Crippen MR) is 77.6 cm³/mol. The van der Waals surface area contributed by atoms with Crippen LogP contribution in [0.3, 0.4) is 0 Å². The molecule has 3 nitrogen and oxygen atoms in total. The summed E-state index contributed by atoms with van der Waals surface area (Å²) in [5, 5.41) is 0. The lowest BCUT2D eigenvalue weighted by Crippen LogP contribution is -2.30. The van der Waals surface area contributed by atoms with E-state index < -0.39 is 0 Å². The smallest absolute Gasteiger partial charge is 0.0589 e. The zero-order chi connectivity index (χ0) is 13.5. The Labute approximate surface area is 111 Å². The van der Waals surface area contributed by atoms with Gasteiger partial charge in [0.05, 0.1) is 6.61 Å². The number of anilines is 1. The molecule has 0 saturated heterocycles. The standard InChI is InChI=1S/C15H26N2O/c1-12(2)10-17(7-8-18-4)11-14-5-6-15(16)13(3)9-14/h5-6,9,12H,7-8,10-11,16H2,1-4H3. The monoisotopic (exact) mass is 250 g/mol. The first-order valence-electron chi connectivity index (χ1n) is 6.59. The van der Waals surface area contributed by atoms with E-state index in [1.807, 2.05) is 6.07 Å². The van der Waals surface area contributed by atoms with Gasteiger partial charge in [0.15, 0.2) is 0 Å². The number of benzene rings is 1. The lowest BCUT2D eigenvalue weighted by atomic mass is 10.1. The summed E-state index contributed by atoms with van der Waals surface area (Å²) in [4.78, 5) is 2.43. The third-order valence-electron chi connectivity index (χ3n) is 2.98. The Hall–Kier alpha value is -1.06. The van der Waals surface area contributed by atoms with Gasteiger partial charge in [-0.15, -0.1) is 0 Å². The molecule has 0 aliphatic rings. The molecule has 18 heavy (non-hydrogen) atoms. The highest BCUT2D eigenvalue weighted by Crippen LogP contribution is 2.15. The van der Waals surface area contributed by atoms with Crippen molar-refractivity contribution in [3.8, 4) is 0 Å². The Balaban J connectivity index is 2.65. The van der Waals surface area contributed by atoms with Crippen LogP contribution in [0.5, 0.6) is 0 Å². The third-order valence-corrected chi connectivity index (χ3v) is 2.98. The van der Waals surface area contributed by atoms with E-state index in [-0.39, 0.29) is 0 Å². The van der Waals surface area contributed by atoms with E-state index in [1.54, 1.807) is 7.11 Å². The van der Waals surface area contributed by atoms with Gasteiger partial charge in [0.25, 0.3) is 0 Å². The summed E-state index contributed by atoms with van der Waals surface area (Å²) < 4.78 is 5.17. The first-order chi connectivity index (χ1) is 8.52. The maximum atomic E-state index is 5.85. The maximum absolute atomic E-state index is 5.85. The van der Waals surface area contributed by atoms with Gasteiger partial charge >= 0.3 is 0 Å². The van der Waals surface area contributed by atoms with Gasteiger partial charge in [-0.1, -0.05) is 26.0 Å². The number of nitrogens with zero attached hydrogens (tertiary/aromatic N) is 1. The number of hydrogen-bond donors (Lipinski definition) is 1. The third kappa shape index (κ3) is 5.07. The van der Waals surface area contributed by atoms with Crippen LogP contribution in [0, 0.1) is 12.8 Å². The summed E-state index contributed by atoms with van der Waals surface area (Å²) >= 11 is 0. The SMILES string of the molecule is COCCN(Cc1ccc(N)c(C)c1)CC(C)C. The van der Waals surface area contributed by atoms with Crippen LogP contribution in [0.15, 0.2) is 18.2 Å². The second-order valence-corrected chi connectivity index (χ2v) is 5.31. The van der Waals surface area contributed by atoms with Crippen molar-refractivity contribution in [2.24, 2.45) is 5.92 Å². The van der Waals surface area contributed by atoms with Gasteiger partial charge in [0.1, 0.15) is 0 Å². The van der Waals surface area contributed by atoms with Gasteiger partial charge in [-0.2, -0.15) is 0 Å². The zero-order valence-electron chi connectivity index (χ0n) is 12.1. The molecule has 0 fully saturated rings. The highest BCUT2D eigenvalue weighted by Gasteiger charge is 2.08. The highest BCUT2D eigenvalue weighted by atomic mass is 16.5. The molecule has 0 bridgehead atoms. The minimum absolute atomic E-state index is 0.664. The van der Waals surface area contributed by atoms with E-state index in [1.165, 1.54) is 5.56 Å². The topological polar surface area (TPSA) is 38.5 Å². The van der Waals surface area contributed by atoms with Crippen molar-refractivity contribution in [1.29, 1.82) is 0 Å². The van der Waals surface area contributed by atoms with Gasteiger partial charge in [-0.25, -0.2) is 0 Å². The van der Waals surface area contributed by atoms with Crippen molar-refractivity contribution in [2.45, 2.75) is 27.3 Å². The van der Waals surface area contributed by atoms with Gasteiger partial charge in [0.2, 0.25) is 0 Å². The molecule has 0 atom stereocenters. The molecule has 0 radical (unpaired) electrons. The van der Waals surface area contributed by atoms with Crippen molar-refractivity contribution in [1.82, 2.24) is 4.90 Å². The summed E-state index contributed by atoms with van der Waals surface area (Å²) in [7, 11) is 1.75. The fourth-order valence-electron chi connectivity index (χ4n) is 2.07. The average Bonchev–Trinajstić information content (AvgIpc) is 2.30. The second kappa shape index (κ2) is 7.39. The summed E-state index contributed by atoms with van der Waals surface area (Å²) in [5.41, 5.74) is 9.19. The Bertz CT molecular complexity index is 364. The summed E-state index contributed by atoms with van der Waals surface area (Å²) in [5.74, 6) is 0.664. The summed E-state index contributed by atoms with van der Waals surface area (Å²) in [6.45, 7) is 10.3. The van der Waals surface area contributed by atoms with Crippen LogP contribution in [0.2, 0.25) is 0 Å². The first-order valence-corrected chi connectivity index (χ1v) is 6.59. The van der Waals surface area contributed by atoms with Crippen LogP contribution in [-0.2, 0) is 11.3 Å². The average molecular weight is 250 g/mol. The Morgan fingerprint density at radius 1 is 1.33 bits per heavy atom. The van der Waals surface area contributed by atoms with E-state index in [0.717, 1.165) is 37.5 Å². The Morgan fingerprint density at radius 2 is 2.06 bits per heavy atom. The van der Waals surface area contributed by atoms with Crippen LogP contribution in [0.4, 0.5) is 5.69 Å². The quantitative estimate of drug-likeness (QED) is 0.756. The Kier molecular flexibility index (Phi) is 6.16. The molecule has 0 spiro atoms. The van der Waals surface area contributed by atoms with Crippen LogP contribution in [0.25, 0.3) is 0 Å². The molecule has 0 amide bonds. The largest absolute Gasteiger partial charge is 0.399 e. The normalized spacial score (nSPS) is 11.4. The number of nitrogens with two attached hydrogens (primary N) is 1. The number of aryl methyl sites for hydroxylation is 1. The molecule has 102 valence electrons. The highest BCUT2D eigenvalue weighted by molar-refractivity contribution is 5.47. The molecular formula is C15H26N2O. The molecule has 1 aromatic carbocycles. The molecule has 3 heteroatoms. The first kappa shape index (κ1) is 15.0. The van der Waals surface area contributed by atoms with Gasteiger partial charge in [-0.05, 0) is 30.0 Å². The summed E-state index contributed by atoms with van der Waals surface area (Å²) in [6.07, 6.45) is 0. The van der Waals surface area contributed by atoms with E-state index in [2.05, 4.69) is 37.8 Å². The lowest BCUT2D eigenvalue weighted by molar-refractivity contribution is 0.136. The van der Waals surface area contributed by atoms with Crippen LogP contribution in [-0.4, -0.2) is 31.7 Å². The van der Waals surface area contributed by atoms with Crippen LogP contribution >= 0.6 is 0 Å². The minimum atomic E-state index is 0.664. The molecule has 1 aromatic rings. The predicted octanol–water partition coefficient (Wildman–Crippen LogP) is 2.68. The van der Waals surface area contributed by atoms with E-state index in [0.29, 0.717) is 5.92 Å². The van der Waals surface area contributed by atoms with E-state index in [4.69, 9.17) is 10.5 Å². The number of nitrogen functional groups attached to an aromatic ring is 1. The molecule has 0 aliphatic heterocycles. The van der Waals surface area contributed by atoms with Crippen molar-refractivity contribution < 1.29 is 4.74 Å². The fraction of sp³-hybridized carbons (Fsp3) is 0.600. The van der Waals surface area contributed by atoms with Crippen molar-refractivity contribution in [3.05, 3.63) is 29.3 Å². The lowest BCUT2D eigenvalue weighted by Gasteiger charge is -2.24. The van der Waals surface area contributed by atoms with E-state index >= 15 is 0 Å². The minimum Gasteiger partial charge on any atom is -0.399 e. The summed E-state index contributed by atoms with van der Waals surface area (Å²) in [6, 6.07) is 6.28. The van der Waals surface area contributed by atoms with Crippen molar-refractivity contribution >= 4 is 5.69 Å². The van der Waals surface area contributed by atoms with Crippen LogP contribution in [0.1, 0.15) is 25.0 Å². The maximum Gasteiger partial charge on any atom is 0.0589 e. The Morgan fingerprint density at radius 3 is 2.61 bits per heavy atom. The fourth-order valence-corrected chi connectivity index (χ4v) is 2.07. The number of methoxy groups -OCH3 is 1. The molecule has 0 unspecified atom stereocenters. The van der Waals surface area contributed by atoms with Gasteiger partial charge < -0.3 is 10.5 Å². The van der Waals surface area contributed by atoms with Crippen molar-refractivity contribution in [2.75, 3.05) is 32.5 Å². The zero-order valence-corrected chi connectivity index (χ0v) is 12.1. The molecule has 0 heterocycles. The van der Waals surface area contributed by atoms with E-state index in [9.17, 15) is 0 Å². The molecule has 0 aliphatic carbocycles. The molecular weight excluding hydrogens is 224 g/mol. The molecule has 0 saturated carbocycles. The van der Waals surface area contributed by atoms with Crippen molar-refractivity contribution in [3.63, 3.8) is 0 Å².